The van der Waals surface area contributed by atoms with Crippen molar-refractivity contribution in [3.05, 3.63) is 35.6 Å². The van der Waals surface area contributed by atoms with Crippen molar-refractivity contribution in [2.75, 3.05) is 0 Å². The van der Waals surface area contributed by atoms with Crippen LogP contribution in [0.3, 0.4) is 0 Å². The first-order valence-corrected chi connectivity index (χ1v) is 4.75. The van der Waals surface area contributed by atoms with Crippen LogP contribution in [0.25, 0.3) is 0 Å². The van der Waals surface area contributed by atoms with E-state index in [0.717, 1.165) is 24.8 Å². The number of benzene rings is 1. The molecule has 0 fully saturated rings. The molecule has 1 unspecified atom stereocenters. The molecule has 2 N–H and O–H groups in total. The summed E-state index contributed by atoms with van der Waals surface area (Å²) in [6.07, 6.45) is 3.15. The van der Waals surface area contributed by atoms with Gasteiger partial charge in [0.2, 0.25) is 0 Å². The first kappa shape index (κ1) is 13.4. The Balaban J connectivity index is 0.00000169. The molecular formula is C11H17ClFN. The molecule has 1 rings (SSSR count). The molecule has 1 nitrogen and oxygen atoms in total. The minimum absolute atomic E-state index is 0. The van der Waals surface area contributed by atoms with Crippen LogP contribution >= 0.6 is 12.4 Å². The van der Waals surface area contributed by atoms with Crippen LogP contribution in [-0.2, 0) is 0 Å². The fourth-order valence-corrected chi connectivity index (χ4v) is 1.33. The van der Waals surface area contributed by atoms with Crippen molar-refractivity contribution in [1.82, 2.24) is 0 Å². The number of hydrogen-bond acceptors (Lipinski definition) is 1. The van der Waals surface area contributed by atoms with E-state index in [-0.39, 0.29) is 24.3 Å². The molecule has 3 heteroatoms. The average Bonchev–Trinajstić information content (AvgIpc) is 2.14. The molecule has 0 aliphatic carbocycles. The molecule has 0 saturated carbocycles. The first-order valence-electron chi connectivity index (χ1n) is 4.75. The van der Waals surface area contributed by atoms with Gasteiger partial charge in [-0.1, -0.05) is 31.9 Å². The fraction of sp³-hybridized carbons (Fsp3) is 0.455. The molecule has 0 heterocycles. The van der Waals surface area contributed by atoms with E-state index in [1.807, 2.05) is 6.07 Å². The maximum atomic E-state index is 12.8. The molecule has 0 aliphatic rings. The largest absolute Gasteiger partial charge is 0.324 e. The van der Waals surface area contributed by atoms with E-state index < -0.39 is 0 Å². The van der Waals surface area contributed by atoms with E-state index in [2.05, 4.69) is 6.92 Å². The van der Waals surface area contributed by atoms with Gasteiger partial charge in [-0.25, -0.2) is 4.39 Å². The van der Waals surface area contributed by atoms with Crippen molar-refractivity contribution in [2.24, 2.45) is 5.73 Å². The third-order valence-electron chi connectivity index (χ3n) is 2.15. The number of halogens is 2. The molecular weight excluding hydrogens is 201 g/mol. The van der Waals surface area contributed by atoms with Gasteiger partial charge >= 0.3 is 0 Å². The zero-order chi connectivity index (χ0) is 9.68. The van der Waals surface area contributed by atoms with Crippen molar-refractivity contribution in [1.29, 1.82) is 0 Å². The Labute approximate surface area is 90.9 Å². The van der Waals surface area contributed by atoms with Crippen molar-refractivity contribution in [3.63, 3.8) is 0 Å². The second-order valence-electron chi connectivity index (χ2n) is 3.30. The Bertz CT molecular complexity index is 265. The topological polar surface area (TPSA) is 26.0 Å². The van der Waals surface area contributed by atoms with Gasteiger partial charge < -0.3 is 5.73 Å². The van der Waals surface area contributed by atoms with Crippen molar-refractivity contribution >= 4 is 12.4 Å². The SMILES string of the molecule is CCCCC(N)c1cccc(F)c1.Cl. The van der Waals surface area contributed by atoms with Crippen LogP contribution in [0.4, 0.5) is 4.39 Å². The lowest BCUT2D eigenvalue weighted by Gasteiger charge is -2.10. The standard InChI is InChI=1S/C11H16FN.ClH/c1-2-3-7-11(13)9-5-4-6-10(12)8-9;/h4-6,8,11H,2-3,7,13H2,1H3;1H. The molecule has 1 atom stereocenters. The summed E-state index contributed by atoms with van der Waals surface area (Å²) in [6, 6.07) is 6.52. The van der Waals surface area contributed by atoms with Crippen molar-refractivity contribution in [3.8, 4) is 0 Å². The minimum atomic E-state index is -0.204. The summed E-state index contributed by atoms with van der Waals surface area (Å²) in [7, 11) is 0. The zero-order valence-corrected chi connectivity index (χ0v) is 9.19. The Morgan fingerprint density at radius 1 is 1.43 bits per heavy atom. The predicted molar refractivity (Wildman–Crippen MR) is 60.1 cm³/mol. The Morgan fingerprint density at radius 3 is 2.71 bits per heavy atom. The van der Waals surface area contributed by atoms with Crippen LogP contribution in [0.1, 0.15) is 37.8 Å². The number of nitrogens with two attached hydrogens (primary N) is 1. The normalized spacial score (nSPS) is 11.9. The van der Waals surface area contributed by atoms with Gasteiger partial charge in [0.05, 0.1) is 0 Å². The van der Waals surface area contributed by atoms with E-state index >= 15 is 0 Å². The average molecular weight is 218 g/mol. The summed E-state index contributed by atoms with van der Waals surface area (Å²) >= 11 is 0. The number of hydrogen-bond donors (Lipinski definition) is 1. The second-order valence-corrected chi connectivity index (χ2v) is 3.30. The molecule has 0 amide bonds. The third-order valence-corrected chi connectivity index (χ3v) is 2.15. The quantitative estimate of drug-likeness (QED) is 0.822. The van der Waals surface area contributed by atoms with E-state index in [0.29, 0.717) is 0 Å². The van der Waals surface area contributed by atoms with Crippen LogP contribution in [-0.4, -0.2) is 0 Å². The number of rotatable bonds is 4. The van der Waals surface area contributed by atoms with Gasteiger partial charge in [0, 0.05) is 6.04 Å². The maximum absolute atomic E-state index is 12.8. The highest BCUT2D eigenvalue weighted by Gasteiger charge is 2.05. The van der Waals surface area contributed by atoms with Crippen molar-refractivity contribution in [2.45, 2.75) is 32.2 Å². The second kappa shape index (κ2) is 6.80. The van der Waals surface area contributed by atoms with Gasteiger partial charge in [-0.05, 0) is 24.1 Å². The molecule has 0 radical (unpaired) electrons. The molecule has 80 valence electrons. The highest BCUT2D eigenvalue weighted by molar-refractivity contribution is 5.85. The molecule has 0 saturated heterocycles. The van der Waals surface area contributed by atoms with Crippen LogP contribution in [0.15, 0.2) is 24.3 Å². The van der Waals surface area contributed by atoms with Gasteiger partial charge in [0.1, 0.15) is 5.82 Å². The Hall–Kier alpha value is -0.600. The van der Waals surface area contributed by atoms with E-state index in [1.165, 1.54) is 12.1 Å². The fourth-order valence-electron chi connectivity index (χ4n) is 1.33. The van der Waals surface area contributed by atoms with Gasteiger partial charge in [-0.15, -0.1) is 12.4 Å². The summed E-state index contributed by atoms with van der Waals surface area (Å²) in [5.74, 6) is -0.204. The van der Waals surface area contributed by atoms with Crippen LogP contribution in [0.2, 0.25) is 0 Å². The Morgan fingerprint density at radius 2 is 2.14 bits per heavy atom. The van der Waals surface area contributed by atoms with Gasteiger partial charge in [0.15, 0.2) is 0 Å². The summed E-state index contributed by atoms with van der Waals surface area (Å²) in [5.41, 5.74) is 6.78. The number of unbranched alkanes of at least 4 members (excludes halogenated alkanes) is 1. The molecule has 0 aromatic heterocycles. The van der Waals surface area contributed by atoms with Crippen LogP contribution < -0.4 is 5.73 Å². The lowest BCUT2D eigenvalue weighted by Crippen LogP contribution is -2.09. The molecule has 1 aromatic rings. The van der Waals surface area contributed by atoms with Gasteiger partial charge in [-0.3, -0.25) is 0 Å². The summed E-state index contributed by atoms with van der Waals surface area (Å²) in [5, 5.41) is 0. The Kier molecular flexibility index (Phi) is 6.50. The van der Waals surface area contributed by atoms with Gasteiger partial charge in [-0.2, -0.15) is 0 Å². The van der Waals surface area contributed by atoms with E-state index in [1.54, 1.807) is 6.07 Å². The lowest BCUT2D eigenvalue weighted by molar-refractivity contribution is 0.588. The van der Waals surface area contributed by atoms with Gasteiger partial charge in [0.25, 0.3) is 0 Å². The summed E-state index contributed by atoms with van der Waals surface area (Å²) in [4.78, 5) is 0. The third kappa shape index (κ3) is 4.07. The highest BCUT2D eigenvalue weighted by atomic mass is 35.5. The zero-order valence-electron chi connectivity index (χ0n) is 8.37. The molecule has 0 bridgehead atoms. The molecule has 0 spiro atoms. The highest BCUT2D eigenvalue weighted by Crippen LogP contribution is 2.17. The van der Waals surface area contributed by atoms with E-state index in [4.69, 9.17) is 5.73 Å². The summed E-state index contributed by atoms with van der Waals surface area (Å²) in [6.45, 7) is 2.12. The van der Waals surface area contributed by atoms with Crippen LogP contribution in [0.5, 0.6) is 0 Å². The molecule has 0 aliphatic heterocycles. The van der Waals surface area contributed by atoms with Crippen molar-refractivity contribution < 1.29 is 4.39 Å². The lowest BCUT2D eigenvalue weighted by atomic mass is 10.0. The molecule has 1 aromatic carbocycles. The maximum Gasteiger partial charge on any atom is 0.123 e. The molecule has 14 heavy (non-hydrogen) atoms. The predicted octanol–water partition coefficient (Wildman–Crippen LogP) is 3.44. The summed E-state index contributed by atoms with van der Waals surface area (Å²) < 4.78 is 12.8. The van der Waals surface area contributed by atoms with E-state index in [9.17, 15) is 4.39 Å². The first-order chi connectivity index (χ1) is 6.24. The van der Waals surface area contributed by atoms with Crippen LogP contribution in [0, 0.1) is 5.82 Å². The monoisotopic (exact) mass is 217 g/mol. The minimum Gasteiger partial charge on any atom is -0.324 e. The smallest absolute Gasteiger partial charge is 0.123 e.